The fourth-order valence-corrected chi connectivity index (χ4v) is 3.26. The van der Waals surface area contributed by atoms with Crippen LogP contribution in [0.25, 0.3) is 0 Å². The molecule has 1 aliphatic rings. The Morgan fingerprint density at radius 2 is 2.32 bits per heavy atom. The van der Waals surface area contributed by atoms with Crippen LogP contribution in [0.15, 0.2) is 12.4 Å². The van der Waals surface area contributed by atoms with Crippen molar-refractivity contribution in [1.82, 2.24) is 20.0 Å². The molecule has 1 aliphatic heterocycles. The Hall–Kier alpha value is -0.870. The summed E-state index contributed by atoms with van der Waals surface area (Å²) in [5, 5.41) is 7.77. The van der Waals surface area contributed by atoms with E-state index < -0.39 is 0 Å². The standard InChI is InChI=1S/C15H28N4/c1-15(2,14-6-5-7-16-9-14)12-18(3)10-13-8-17-19(4)11-13/h8,11,14,16H,5-7,9-10,12H2,1-4H3. The lowest BCUT2D eigenvalue weighted by Crippen LogP contribution is -2.43. The molecule has 1 atom stereocenters. The molecular formula is C15H28N4. The van der Waals surface area contributed by atoms with E-state index >= 15 is 0 Å². The van der Waals surface area contributed by atoms with Gasteiger partial charge in [0.15, 0.2) is 0 Å². The molecule has 2 heterocycles. The van der Waals surface area contributed by atoms with Crippen molar-refractivity contribution in [2.75, 3.05) is 26.7 Å². The highest BCUT2D eigenvalue weighted by atomic mass is 15.2. The van der Waals surface area contributed by atoms with Crippen molar-refractivity contribution in [1.29, 1.82) is 0 Å². The number of hydrogen-bond acceptors (Lipinski definition) is 3. The molecule has 2 rings (SSSR count). The minimum atomic E-state index is 0.365. The maximum absolute atomic E-state index is 4.24. The fourth-order valence-electron chi connectivity index (χ4n) is 3.26. The van der Waals surface area contributed by atoms with E-state index in [-0.39, 0.29) is 0 Å². The number of rotatable bonds is 5. The lowest BCUT2D eigenvalue weighted by molar-refractivity contribution is 0.111. The Morgan fingerprint density at radius 1 is 1.53 bits per heavy atom. The number of aryl methyl sites for hydroxylation is 1. The Bertz CT molecular complexity index is 391. The van der Waals surface area contributed by atoms with Gasteiger partial charge in [0.25, 0.3) is 0 Å². The first kappa shape index (κ1) is 14.5. The van der Waals surface area contributed by atoms with Crippen LogP contribution in [0.1, 0.15) is 32.3 Å². The van der Waals surface area contributed by atoms with Crippen LogP contribution in [0.5, 0.6) is 0 Å². The SMILES string of the molecule is CN(Cc1cnn(C)c1)CC(C)(C)C1CCCNC1. The smallest absolute Gasteiger partial charge is 0.0534 e. The van der Waals surface area contributed by atoms with Crippen molar-refractivity contribution in [3.63, 3.8) is 0 Å². The number of nitrogens with zero attached hydrogens (tertiary/aromatic N) is 3. The fraction of sp³-hybridized carbons (Fsp3) is 0.800. The van der Waals surface area contributed by atoms with Crippen LogP contribution in [0, 0.1) is 11.3 Å². The minimum absolute atomic E-state index is 0.365. The third-order valence-electron chi connectivity index (χ3n) is 4.29. The number of aromatic nitrogens is 2. The monoisotopic (exact) mass is 264 g/mol. The molecule has 1 saturated heterocycles. The highest BCUT2D eigenvalue weighted by Gasteiger charge is 2.31. The molecule has 0 aromatic carbocycles. The average molecular weight is 264 g/mol. The van der Waals surface area contributed by atoms with Gasteiger partial charge in [-0.05, 0) is 44.3 Å². The van der Waals surface area contributed by atoms with E-state index in [0.717, 1.165) is 19.0 Å². The zero-order valence-electron chi connectivity index (χ0n) is 12.8. The molecule has 1 unspecified atom stereocenters. The van der Waals surface area contributed by atoms with Crippen molar-refractivity contribution in [2.24, 2.45) is 18.4 Å². The third-order valence-corrected chi connectivity index (χ3v) is 4.29. The normalized spacial score (nSPS) is 21.0. The summed E-state index contributed by atoms with van der Waals surface area (Å²) in [7, 11) is 4.19. The molecule has 0 aliphatic carbocycles. The molecule has 1 aromatic rings. The van der Waals surface area contributed by atoms with Crippen LogP contribution in [-0.2, 0) is 13.6 Å². The van der Waals surface area contributed by atoms with E-state index in [1.807, 2.05) is 17.9 Å². The number of piperidine rings is 1. The zero-order chi connectivity index (χ0) is 13.9. The Kier molecular flexibility index (Phi) is 4.63. The molecular weight excluding hydrogens is 236 g/mol. The van der Waals surface area contributed by atoms with Crippen molar-refractivity contribution in [2.45, 2.75) is 33.2 Å². The van der Waals surface area contributed by atoms with Gasteiger partial charge in [-0.15, -0.1) is 0 Å². The van der Waals surface area contributed by atoms with Gasteiger partial charge < -0.3 is 10.2 Å². The first-order chi connectivity index (χ1) is 8.97. The topological polar surface area (TPSA) is 33.1 Å². The third kappa shape index (κ3) is 4.05. The molecule has 0 spiro atoms. The van der Waals surface area contributed by atoms with E-state index in [1.165, 1.54) is 31.5 Å². The van der Waals surface area contributed by atoms with E-state index in [1.54, 1.807) is 0 Å². The second-order valence-electron chi connectivity index (χ2n) is 6.73. The molecule has 0 bridgehead atoms. The number of hydrogen-bond donors (Lipinski definition) is 1. The summed E-state index contributed by atoms with van der Waals surface area (Å²) in [5.74, 6) is 0.789. The lowest BCUT2D eigenvalue weighted by atomic mass is 9.74. The van der Waals surface area contributed by atoms with Gasteiger partial charge in [-0.1, -0.05) is 13.8 Å². The van der Waals surface area contributed by atoms with Crippen molar-refractivity contribution in [3.8, 4) is 0 Å². The summed E-state index contributed by atoms with van der Waals surface area (Å²) >= 11 is 0. The van der Waals surface area contributed by atoms with Crippen molar-refractivity contribution in [3.05, 3.63) is 18.0 Å². The van der Waals surface area contributed by atoms with E-state index in [4.69, 9.17) is 0 Å². The predicted octanol–water partition coefficient (Wildman–Crippen LogP) is 1.88. The predicted molar refractivity (Wildman–Crippen MR) is 78.9 cm³/mol. The van der Waals surface area contributed by atoms with Gasteiger partial charge in [0.1, 0.15) is 0 Å². The quantitative estimate of drug-likeness (QED) is 0.881. The molecule has 0 amide bonds. The first-order valence-electron chi connectivity index (χ1n) is 7.34. The summed E-state index contributed by atoms with van der Waals surface area (Å²) in [6.07, 6.45) is 6.75. The van der Waals surface area contributed by atoms with Gasteiger partial charge in [0.05, 0.1) is 6.20 Å². The summed E-state index contributed by atoms with van der Waals surface area (Å²) in [6, 6.07) is 0. The van der Waals surface area contributed by atoms with Gasteiger partial charge in [-0.25, -0.2) is 0 Å². The highest BCUT2D eigenvalue weighted by Crippen LogP contribution is 2.32. The Balaban J connectivity index is 1.87. The molecule has 1 fully saturated rings. The maximum atomic E-state index is 4.24. The van der Waals surface area contributed by atoms with Crippen LogP contribution < -0.4 is 5.32 Å². The zero-order valence-corrected chi connectivity index (χ0v) is 12.8. The Labute approximate surface area is 117 Å². The first-order valence-corrected chi connectivity index (χ1v) is 7.34. The summed E-state index contributed by atoms with van der Waals surface area (Å²) in [5.41, 5.74) is 1.66. The van der Waals surface area contributed by atoms with Gasteiger partial charge in [0, 0.05) is 31.9 Å². The molecule has 4 nitrogen and oxygen atoms in total. The van der Waals surface area contributed by atoms with Crippen LogP contribution in [0.4, 0.5) is 0 Å². The molecule has 1 aromatic heterocycles. The summed E-state index contributed by atoms with van der Waals surface area (Å²) in [6.45, 7) is 9.30. The summed E-state index contributed by atoms with van der Waals surface area (Å²) < 4.78 is 1.87. The maximum Gasteiger partial charge on any atom is 0.0534 e. The molecule has 0 saturated carbocycles. The summed E-state index contributed by atoms with van der Waals surface area (Å²) in [4.78, 5) is 2.42. The van der Waals surface area contributed by atoms with Crippen molar-refractivity contribution < 1.29 is 0 Å². The molecule has 4 heteroatoms. The van der Waals surface area contributed by atoms with Crippen LogP contribution in [-0.4, -0.2) is 41.4 Å². The van der Waals surface area contributed by atoms with Crippen LogP contribution >= 0.6 is 0 Å². The molecule has 0 radical (unpaired) electrons. The Morgan fingerprint density at radius 3 is 2.89 bits per heavy atom. The van der Waals surface area contributed by atoms with Crippen LogP contribution in [0.3, 0.4) is 0 Å². The van der Waals surface area contributed by atoms with Crippen molar-refractivity contribution >= 4 is 0 Å². The number of nitrogens with one attached hydrogen (secondary N) is 1. The minimum Gasteiger partial charge on any atom is -0.316 e. The van der Waals surface area contributed by atoms with Gasteiger partial charge in [-0.3, -0.25) is 4.68 Å². The molecule has 1 N–H and O–H groups in total. The molecule has 19 heavy (non-hydrogen) atoms. The second-order valence-corrected chi connectivity index (χ2v) is 6.73. The second kappa shape index (κ2) is 6.06. The van der Waals surface area contributed by atoms with Crippen LogP contribution in [0.2, 0.25) is 0 Å². The van der Waals surface area contributed by atoms with E-state index in [9.17, 15) is 0 Å². The van der Waals surface area contributed by atoms with Gasteiger partial charge >= 0.3 is 0 Å². The molecule has 108 valence electrons. The van der Waals surface area contributed by atoms with Gasteiger partial charge in [-0.2, -0.15) is 5.10 Å². The van der Waals surface area contributed by atoms with E-state index in [2.05, 4.69) is 42.4 Å². The average Bonchev–Trinajstić information content (AvgIpc) is 2.75. The lowest BCUT2D eigenvalue weighted by Gasteiger charge is -2.39. The highest BCUT2D eigenvalue weighted by molar-refractivity contribution is 5.03. The van der Waals surface area contributed by atoms with Gasteiger partial charge in [0.2, 0.25) is 0 Å². The van der Waals surface area contributed by atoms with E-state index in [0.29, 0.717) is 5.41 Å². The largest absolute Gasteiger partial charge is 0.316 e.